The fourth-order valence-corrected chi connectivity index (χ4v) is 2.12. The van der Waals surface area contributed by atoms with Crippen LogP contribution < -0.4 is 19.6 Å². The zero-order valence-electron chi connectivity index (χ0n) is 14.4. The van der Waals surface area contributed by atoms with Gasteiger partial charge in [-0.3, -0.25) is 10.2 Å². The van der Waals surface area contributed by atoms with Crippen LogP contribution in [-0.2, 0) is 0 Å². The van der Waals surface area contributed by atoms with Crippen LogP contribution >= 0.6 is 0 Å². The Labute approximate surface area is 149 Å². The van der Waals surface area contributed by atoms with Crippen molar-refractivity contribution in [2.45, 2.75) is 0 Å². The summed E-state index contributed by atoms with van der Waals surface area (Å²) in [6.07, 6.45) is 0. The van der Waals surface area contributed by atoms with E-state index in [1.165, 1.54) is 57.7 Å². The zero-order valence-corrected chi connectivity index (χ0v) is 14.4. The summed E-state index contributed by atoms with van der Waals surface area (Å²) in [6.45, 7) is 0. The van der Waals surface area contributed by atoms with Crippen molar-refractivity contribution < 1.29 is 23.4 Å². The first kappa shape index (κ1) is 18.7. The minimum absolute atomic E-state index is 0.140. The summed E-state index contributed by atoms with van der Waals surface area (Å²) in [5.74, 6) is -0.167. The third-order valence-electron chi connectivity index (χ3n) is 3.39. The van der Waals surface area contributed by atoms with E-state index in [2.05, 4.69) is 10.5 Å². The van der Waals surface area contributed by atoms with Crippen LogP contribution in [0.5, 0.6) is 17.2 Å². The van der Waals surface area contributed by atoms with Crippen LogP contribution in [0, 0.1) is 17.1 Å². The van der Waals surface area contributed by atoms with Crippen LogP contribution in [0.1, 0.15) is 10.4 Å². The van der Waals surface area contributed by atoms with E-state index in [1.807, 2.05) is 0 Å². The highest BCUT2D eigenvalue weighted by molar-refractivity contribution is 6.51. The Morgan fingerprint density at radius 3 is 2.12 bits per heavy atom. The van der Waals surface area contributed by atoms with E-state index < -0.39 is 11.6 Å². The largest absolute Gasteiger partial charge is 0.493 e. The molecule has 0 spiro atoms. The maximum atomic E-state index is 12.9. The van der Waals surface area contributed by atoms with E-state index >= 15 is 0 Å². The molecular weight excluding hydrogens is 341 g/mol. The van der Waals surface area contributed by atoms with Crippen LogP contribution in [0.2, 0.25) is 0 Å². The van der Waals surface area contributed by atoms with Gasteiger partial charge in [-0.2, -0.15) is 10.4 Å². The van der Waals surface area contributed by atoms with Gasteiger partial charge in [0, 0.05) is 5.56 Å². The van der Waals surface area contributed by atoms with Crippen molar-refractivity contribution in [1.82, 2.24) is 0 Å². The SMILES string of the molecule is COc1cc(C(=O)/C(C#N)=N/Nc2ccc(F)cc2)cc(OC)c1OC. The van der Waals surface area contributed by atoms with Crippen molar-refractivity contribution in [3.8, 4) is 23.3 Å². The van der Waals surface area contributed by atoms with Gasteiger partial charge in [-0.1, -0.05) is 0 Å². The second-order valence-corrected chi connectivity index (χ2v) is 4.93. The van der Waals surface area contributed by atoms with Crippen LogP contribution in [0.4, 0.5) is 10.1 Å². The summed E-state index contributed by atoms with van der Waals surface area (Å²) in [5.41, 5.74) is 2.73. The number of hydrogen-bond donors (Lipinski definition) is 1. The molecular formula is C18H16FN3O4. The highest BCUT2D eigenvalue weighted by Gasteiger charge is 2.20. The van der Waals surface area contributed by atoms with Crippen molar-refractivity contribution >= 4 is 17.2 Å². The van der Waals surface area contributed by atoms with Crippen molar-refractivity contribution in [3.63, 3.8) is 0 Å². The van der Waals surface area contributed by atoms with Gasteiger partial charge >= 0.3 is 0 Å². The van der Waals surface area contributed by atoms with E-state index in [9.17, 15) is 14.4 Å². The molecule has 0 aliphatic heterocycles. The molecule has 0 radical (unpaired) electrons. The Morgan fingerprint density at radius 1 is 1.08 bits per heavy atom. The average Bonchev–Trinajstić information content (AvgIpc) is 2.68. The number of anilines is 1. The third-order valence-corrected chi connectivity index (χ3v) is 3.39. The lowest BCUT2D eigenvalue weighted by molar-refractivity contribution is 0.106. The Balaban J connectivity index is 2.34. The van der Waals surface area contributed by atoms with E-state index in [0.29, 0.717) is 11.4 Å². The molecule has 2 aromatic rings. The Hall–Kier alpha value is -3.60. The molecule has 1 N–H and O–H groups in total. The number of methoxy groups -OCH3 is 3. The Morgan fingerprint density at radius 2 is 1.65 bits per heavy atom. The molecule has 7 nitrogen and oxygen atoms in total. The molecule has 0 atom stereocenters. The molecule has 0 aliphatic rings. The van der Waals surface area contributed by atoms with E-state index in [4.69, 9.17) is 14.2 Å². The lowest BCUT2D eigenvalue weighted by Gasteiger charge is -2.13. The first-order valence-electron chi connectivity index (χ1n) is 7.38. The van der Waals surface area contributed by atoms with Gasteiger partial charge in [-0.15, -0.1) is 0 Å². The number of nitrogens with zero attached hydrogens (tertiary/aromatic N) is 2. The first-order valence-corrected chi connectivity index (χ1v) is 7.38. The average molecular weight is 357 g/mol. The zero-order chi connectivity index (χ0) is 19.1. The number of halogens is 1. The molecule has 0 fully saturated rings. The number of carbonyl (C=O) groups excluding carboxylic acids is 1. The maximum Gasteiger partial charge on any atom is 0.224 e. The minimum atomic E-state index is -0.638. The molecule has 2 aromatic carbocycles. The van der Waals surface area contributed by atoms with Gasteiger partial charge in [0.15, 0.2) is 11.5 Å². The van der Waals surface area contributed by atoms with Crippen molar-refractivity contribution in [2.24, 2.45) is 5.10 Å². The van der Waals surface area contributed by atoms with Gasteiger partial charge in [-0.05, 0) is 36.4 Å². The van der Waals surface area contributed by atoms with Gasteiger partial charge < -0.3 is 14.2 Å². The Kier molecular flexibility index (Phi) is 6.11. The highest BCUT2D eigenvalue weighted by Crippen LogP contribution is 2.38. The number of nitriles is 1. The predicted molar refractivity (Wildman–Crippen MR) is 93.5 cm³/mol. The number of hydrogen-bond acceptors (Lipinski definition) is 7. The second-order valence-electron chi connectivity index (χ2n) is 4.93. The molecule has 0 aromatic heterocycles. The smallest absolute Gasteiger partial charge is 0.224 e. The maximum absolute atomic E-state index is 12.9. The van der Waals surface area contributed by atoms with E-state index in [-0.39, 0.29) is 22.8 Å². The number of ketones is 1. The lowest BCUT2D eigenvalue weighted by atomic mass is 10.1. The fourth-order valence-electron chi connectivity index (χ4n) is 2.12. The second kappa shape index (κ2) is 8.48. The normalized spacial score (nSPS) is 10.7. The fraction of sp³-hybridized carbons (Fsp3) is 0.167. The molecule has 0 heterocycles. The van der Waals surface area contributed by atoms with Crippen LogP contribution in [-0.4, -0.2) is 32.8 Å². The number of ether oxygens (including phenoxy) is 3. The number of benzene rings is 2. The van der Waals surface area contributed by atoms with Crippen molar-refractivity contribution in [2.75, 3.05) is 26.8 Å². The van der Waals surface area contributed by atoms with Crippen LogP contribution in [0.3, 0.4) is 0 Å². The van der Waals surface area contributed by atoms with Gasteiger partial charge in [-0.25, -0.2) is 4.39 Å². The summed E-state index contributed by atoms with van der Waals surface area (Å²) in [6, 6.07) is 9.90. The molecule has 8 heteroatoms. The minimum Gasteiger partial charge on any atom is -0.493 e. The lowest BCUT2D eigenvalue weighted by Crippen LogP contribution is -2.15. The molecule has 134 valence electrons. The summed E-state index contributed by atoms with van der Waals surface area (Å²) in [4.78, 5) is 12.6. The number of nitrogens with one attached hydrogen (secondary N) is 1. The number of carbonyl (C=O) groups is 1. The highest BCUT2D eigenvalue weighted by atomic mass is 19.1. The summed E-state index contributed by atoms with van der Waals surface area (Å²) < 4.78 is 28.5. The topological polar surface area (TPSA) is 92.9 Å². The van der Waals surface area contributed by atoms with Gasteiger partial charge in [0.25, 0.3) is 0 Å². The summed E-state index contributed by atoms with van der Waals surface area (Å²) >= 11 is 0. The number of Topliss-reactive ketones (excluding diaryl/α,β-unsaturated/α-hetero) is 1. The number of rotatable bonds is 7. The summed E-state index contributed by atoms with van der Waals surface area (Å²) in [5, 5.41) is 13.0. The molecule has 0 bridgehead atoms. The molecule has 0 saturated carbocycles. The van der Waals surface area contributed by atoms with Gasteiger partial charge in [0.05, 0.1) is 27.0 Å². The quantitative estimate of drug-likeness (QED) is 0.465. The van der Waals surface area contributed by atoms with Crippen LogP contribution in [0.25, 0.3) is 0 Å². The molecule has 0 aliphatic carbocycles. The van der Waals surface area contributed by atoms with E-state index in [0.717, 1.165) is 0 Å². The molecule has 0 saturated heterocycles. The Bertz CT molecular complexity index is 848. The van der Waals surface area contributed by atoms with Crippen molar-refractivity contribution in [3.05, 3.63) is 47.8 Å². The molecule has 0 unspecified atom stereocenters. The predicted octanol–water partition coefficient (Wildman–Crippen LogP) is 3.03. The monoisotopic (exact) mass is 357 g/mol. The van der Waals surface area contributed by atoms with E-state index in [1.54, 1.807) is 6.07 Å². The first-order chi connectivity index (χ1) is 12.5. The van der Waals surface area contributed by atoms with Gasteiger partial charge in [0.1, 0.15) is 11.9 Å². The number of hydrazone groups is 1. The van der Waals surface area contributed by atoms with Crippen molar-refractivity contribution in [1.29, 1.82) is 5.26 Å². The summed E-state index contributed by atoms with van der Waals surface area (Å²) in [7, 11) is 4.28. The molecule has 2 rings (SSSR count). The molecule has 0 amide bonds. The van der Waals surface area contributed by atoms with Gasteiger partial charge in [0.2, 0.25) is 17.2 Å². The van der Waals surface area contributed by atoms with Crippen LogP contribution in [0.15, 0.2) is 41.5 Å². The molecule has 26 heavy (non-hydrogen) atoms. The third kappa shape index (κ3) is 4.08. The standard InChI is InChI=1S/C18H16FN3O4/c1-24-15-8-11(9-16(25-2)18(15)26-3)17(23)14(10-20)22-21-13-6-4-12(19)5-7-13/h4-9,21H,1-3H3/b22-14+.